The zero-order chi connectivity index (χ0) is 18.6. The monoisotopic (exact) mass is 381 g/mol. The van der Waals surface area contributed by atoms with E-state index in [9.17, 15) is 14.4 Å². The normalized spacial score (nSPS) is 18.4. The molecule has 142 valence electrons. The van der Waals surface area contributed by atoms with E-state index in [4.69, 9.17) is 11.1 Å². The van der Waals surface area contributed by atoms with Crippen LogP contribution in [0.5, 0.6) is 0 Å². The minimum Gasteiger partial charge on any atom is -0.370 e. The second-order valence-corrected chi connectivity index (χ2v) is 6.12. The summed E-state index contributed by atoms with van der Waals surface area (Å²) in [5.41, 5.74) is 6.89. The Bertz CT molecular complexity index is 692. The second kappa shape index (κ2) is 9.19. The van der Waals surface area contributed by atoms with E-state index in [0.717, 1.165) is 10.5 Å². The molecular formula is C17H24ClN5O3. The Morgan fingerprint density at radius 3 is 2.42 bits per heavy atom. The summed E-state index contributed by atoms with van der Waals surface area (Å²) >= 11 is 0. The molecule has 26 heavy (non-hydrogen) atoms. The van der Waals surface area contributed by atoms with Gasteiger partial charge in [0.05, 0.1) is 5.92 Å². The van der Waals surface area contributed by atoms with Gasteiger partial charge >= 0.3 is 0 Å². The van der Waals surface area contributed by atoms with Crippen molar-refractivity contribution < 1.29 is 14.4 Å². The Hall–Kier alpha value is -2.61. The largest absolute Gasteiger partial charge is 0.370 e. The number of anilines is 1. The first-order valence-electron chi connectivity index (χ1n) is 8.10. The Morgan fingerprint density at radius 2 is 1.88 bits per heavy atom. The minimum absolute atomic E-state index is 0. The maximum absolute atomic E-state index is 12.6. The smallest absolute Gasteiger partial charge is 0.248 e. The molecule has 1 aliphatic rings. The van der Waals surface area contributed by atoms with Crippen LogP contribution in [0.1, 0.15) is 25.3 Å². The molecule has 1 fully saturated rings. The molecule has 0 radical (unpaired) electrons. The number of amides is 3. The standard InChI is InChI=1S/C17H23N5O3.ClH/c1-10-5-7-12(8-6-10)21-15(24)14-13(4-3-9-20-17(18)19)16(25)22(14)11(2)23;/h5-8,13-14H,3-4,9H2,1-2H3,(H,21,24)(H4,18,19,20);1H/t13-,14+;/m1./s1. The fourth-order valence-electron chi connectivity index (χ4n) is 2.88. The SMILES string of the molecule is CC(=O)N1C(=O)[C@H](CCCNC(=N)N)[C@H]1C(=O)Nc1ccc(C)cc1.Cl. The van der Waals surface area contributed by atoms with Gasteiger partial charge in [-0.15, -0.1) is 12.4 Å². The summed E-state index contributed by atoms with van der Waals surface area (Å²) in [7, 11) is 0. The van der Waals surface area contributed by atoms with E-state index in [1.54, 1.807) is 12.1 Å². The van der Waals surface area contributed by atoms with Crippen LogP contribution < -0.4 is 16.4 Å². The number of nitrogens with one attached hydrogen (secondary N) is 3. The van der Waals surface area contributed by atoms with Gasteiger partial charge in [0.2, 0.25) is 17.7 Å². The van der Waals surface area contributed by atoms with Gasteiger partial charge in [-0.05, 0) is 31.9 Å². The van der Waals surface area contributed by atoms with Crippen LogP contribution in [0.15, 0.2) is 24.3 Å². The third kappa shape index (κ3) is 4.95. The summed E-state index contributed by atoms with van der Waals surface area (Å²) in [6, 6.07) is 6.49. The number of aryl methyl sites for hydroxylation is 1. The van der Waals surface area contributed by atoms with Crippen LogP contribution in [0.25, 0.3) is 0 Å². The van der Waals surface area contributed by atoms with Gasteiger partial charge in [0.25, 0.3) is 0 Å². The Balaban J connectivity index is 0.00000338. The number of hydrogen-bond donors (Lipinski definition) is 4. The van der Waals surface area contributed by atoms with E-state index >= 15 is 0 Å². The average Bonchev–Trinajstić information content (AvgIpc) is 2.53. The molecule has 2 atom stereocenters. The average molecular weight is 382 g/mol. The number of imide groups is 1. The van der Waals surface area contributed by atoms with Crippen molar-refractivity contribution in [3.8, 4) is 0 Å². The molecule has 8 nitrogen and oxygen atoms in total. The number of carbonyl (C=O) groups is 3. The summed E-state index contributed by atoms with van der Waals surface area (Å²) in [4.78, 5) is 37.4. The summed E-state index contributed by atoms with van der Waals surface area (Å²) < 4.78 is 0. The van der Waals surface area contributed by atoms with Crippen molar-refractivity contribution >= 4 is 41.8 Å². The Morgan fingerprint density at radius 1 is 1.27 bits per heavy atom. The zero-order valence-corrected chi connectivity index (χ0v) is 15.6. The highest BCUT2D eigenvalue weighted by atomic mass is 35.5. The van der Waals surface area contributed by atoms with Crippen molar-refractivity contribution in [1.82, 2.24) is 10.2 Å². The van der Waals surface area contributed by atoms with Gasteiger partial charge in [0, 0.05) is 19.2 Å². The summed E-state index contributed by atoms with van der Waals surface area (Å²) in [6.45, 7) is 3.65. The topological polar surface area (TPSA) is 128 Å². The molecule has 1 aromatic rings. The first-order valence-corrected chi connectivity index (χ1v) is 8.10. The van der Waals surface area contributed by atoms with Crippen molar-refractivity contribution in [3.05, 3.63) is 29.8 Å². The van der Waals surface area contributed by atoms with E-state index < -0.39 is 17.9 Å². The van der Waals surface area contributed by atoms with Crippen LogP contribution in [0.3, 0.4) is 0 Å². The maximum Gasteiger partial charge on any atom is 0.248 e. The number of halogens is 1. The molecule has 2 rings (SSSR count). The molecule has 1 saturated heterocycles. The highest BCUT2D eigenvalue weighted by molar-refractivity contribution is 6.11. The number of benzene rings is 1. The number of rotatable bonds is 6. The predicted octanol–water partition coefficient (Wildman–Crippen LogP) is 0.992. The molecule has 1 aliphatic heterocycles. The van der Waals surface area contributed by atoms with Crippen LogP contribution in [0, 0.1) is 18.3 Å². The highest BCUT2D eigenvalue weighted by Gasteiger charge is 2.52. The van der Waals surface area contributed by atoms with Gasteiger partial charge in [-0.1, -0.05) is 17.7 Å². The van der Waals surface area contributed by atoms with Crippen LogP contribution in [0.4, 0.5) is 5.69 Å². The molecule has 0 aromatic heterocycles. The van der Waals surface area contributed by atoms with Gasteiger partial charge in [0.1, 0.15) is 6.04 Å². The van der Waals surface area contributed by atoms with Crippen molar-refractivity contribution in [2.45, 2.75) is 32.7 Å². The number of hydrogen-bond acceptors (Lipinski definition) is 4. The van der Waals surface area contributed by atoms with Crippen LogP contribution >= 0.6 is 12.4 Å². The van der Waals surface area contributed by atoms with Crippen molar-refractivity contribution in [2.24, 2.45) is 11.7 Å². The van der Waals surface area contributed by atoms with Gasteiger partial charge in [0.15, 0.2) is 5.96 Å². The molecule has 0 bridgehead atoms. The number of guanidine groups is 1. The molecule has 9 heteroatoms. The van der Waals surface area contributed by atoms with Crippen LogP contribution in [-0.4, -0.2) is 41.2 Å². The fraction of sp³-hybridized carbons (Fsp3) is 0.412. The first kappa shape index (κ1) is 21.4. The zero-order valence-electron chi connectivity index (χ0n) is 14.7. The van der Waals surface area contributed by atoms with E-state index in [0.29, 0.717) is 25.1 Å². The van der Waals surface area contributed by atoms with E-state index in [2.05, 4.69) is 10.6 Å². The third-order valence-electron chi connectivity index (χ3n) is 4.15. The summed E-state index contributed by atoms with van der Waals surface area (Å²) in [6.07, 6.45) is 1.00. The molecule has 0 saturated carbocycles. The van der Waals surface area contributed by atoms with Crippen LogP contribution in [0.2, 0.25) is 0 Å². The lowest BCUT2D eigenvalue weighted by Crippen LogP contribution is -2.66. The van der Waals surface area contributed by atoms with Crippen LogP contribution in [-0.2, 0) is 14.4 Å². The predicted molar refractivity (Wildman–Crippen MR) is 101 cm³/mol. The van der Waals surface area contributed by atoms with Gasteiger partial charge in [-0.25, -0.2) is 0 Å². The Kier molecular flexibility index (Phi) is 7.57. The van der Waals surface area contributed by atoms with Gasteiger partial charge in [-0.2, -0.15) is 0 Å². The molecule has 3 amide bonds. The van der Waals surface area contributed by atoms with Crippen molar-refractivity contribution in [2.75, 3.05) is 11.9 Å². The van der Waals surface area contributed by atoms with Gasteiger partial charge in [-0.3, -0.25) is 24.7 Å². The third-order valence-corrected chi connectivity index (χ3v) is 4.15. The number of carbonyl (C=O) groups excluding carboxylic acids is 3. The van der Waals surface area contributed by atoms with Crippen molar-refractivity contribution in [3.63, 3.8) is 0 Å². The van der Waals surface area contributed by atoms with E-state index in [-0.39, 0.29) is 30.2 Å². The van der Waals surface area contributed by atoms with E-state index in [1.807, 2.05) is 19.1 Å². The molecule has 0 aliphatic carbocycles. The molecule has 5 N–H and O–H groups in total. The quantitative estimate of drug-likeness (QED) is 0.253. The summed E-state index contributed by atoms with van der Waals surface area (Å²) in [5.74, 6) is -1.82. The van der Waals surface area contributed by atoms with E-state index in [1.165, 1.54) is 6.92 Å². The first-order chi connectivity index (χ1) is 11.8. The number of likely N-dealkylation sites (tertiary alicyclic amines) is 1. The molecule has 0 spiro atoms. The fourth-order valence-corrected chi connectivity index (χ4v) is 2.88. The lowest BCUT2D eigenvalue weighted by atomic mass is 9.82. The minimum atomic E-state index is -0.802. The molecule has 1 heterocycles. The Labute approximate surface area is 158 Å². The van der Waals surface area contributed by atoms with Crippen molar-refractivity contribution in [1.29, 1.82) is 5.41 Å². The van der Waals surface area contributed by atoms with Gasteiger partial charge < -0.3 is 16.4 Å². The second-order valence-electron chi connectivity index (χ2n) is 6.12. The molecular weight excluding hydrogens is 358 g/mol. The summed E-state index contributed by atoms with van der Waals surface area (Å²) in [5, 5.41) is 12.5. The number of nitrogens with two attached hydrogens (primary N) is 1. The lowest BCUT2D eigenvalue weighted by molar-refractivity contribution is -0.169. The lowest BCUT2D eigenvalue weighted by Gasteiger charge is -2.44. The maximum atomic E-state index is 12.6. The molecule has 1 aromatic carbocycles. The molecule has 0 unspecified atom stereocenters. The number of β-lactam (4-membered cyclic amide) rings is 1. The highest BCUT2D eigenvalue weighted by Crippen LogP contribution is 2.31. The number of nitrogens with zero attached hydrogens (tertiary/aromatic N) is 1.